The third-order valence-corrected chi connectivity index (χ3v) is 19.0. The first kappa shape index (κ1) is 87.0. The number of aryl methyl sites for hydroxylation is 4. The fourth-order valence-corrected chi connectivity index (χ4v) is 13.1. The van der Waals surface area contributed by atoms with Gasteiger partial charge in [0.2, 0.25) is 11.4 Å². The summed E-state index contributed by atoms with van der Waals surface area (Å²) < 4.78 is 1.55. The second-order valence-corrected chi connectivity index (χ2v) is 27.9. The first-order valence-corrected chi connectivity index (χ1v) is 40.2. The van der Waals surface area contributed by atoms with Gasteiger partial charge in [0, 0.05) is 22.8 Å². The van der Waals surface area contributed by atoms with Gasteiger partial charge in [0.05, 0.1) is 0 Å². The predicted molar refractivity (Wildman–Crippen MR) is 400 cm³/mol. The summed E-state index contributed by atoms with van der Waals surface area (Å²) in [4.78, 5) is 0. The second kappa shape index (κ2) is 67.4. The van der Waals surface area contributed by atoms with E-state index < -0.39 is 0 Å². The minimum absolute atomic E-state index is 0. The molecule has 0 aliphatic carbocycles. The van der Waals surface area contributed by atoms with Gasteiger partial charge >= 0.3 is 16.5 Å². The van der Waals surface area contributed by atoms with E-state index in [1.165, 1.54) is 373 Å². The molecule has 0 aromatic heterocycles. The molecule has 0 saturated carbocycles. The van der Waals surface area contributed by atoms with Crippen LogP contribution < -0.4 is 0 Å². The van der Waals surface area contributed by atoms with Crippen LogP contribution in [0, 0.1) is 13.8 Å². The molecule has 1 aliphatic rings. The monoisotopic (exact) mass is 1270 g/mol. The summed E-state index contributed by atoms with van der Waals surface area (Å²) in [7, 11) is 0. The Morgan fingerprint density at radius 3 is 0.730 bits per heavy atom. The van der Waals surface area contributed by atoms with Crippen LogP contribution in [0.15, 0.2) is 48.0 Å². The molecular formula is C86H154N2Ni. The molecule has 0 unspecified atom stereocenters. The molecule has 3 heteroatoms. The molecule has 0 N–H and O–H groups in total. The zero-order valence-corrected chi connectivity index (χ0v) is 62.3. The summed E-state index contributed by atoms with van der Waals surface area (Å²) in [6.07, 6.45) is 85.7. The Labute approximate surface area is 570 Å². The maximum absolute atomic E-state index is 11.9. The van der Waals surface area contributed by atoms with E-state index in [0.29, 0.717) is 0 Å². The molecule has 0 spiro atoms. The van der Waals surface area contributed by atoms with Crippen molar-refractivity contribution in [2.75, 3.05) is 0 Å². The van der Waals surface area contributed by atoms with Crippen molar-refractivity contribution in [3.63, 3.8) is 0 Å². The molecule has 0 atom stereocenters. The minimum atomic E-state index is 0. The van der Waals surface area contributed by atoms with Crippen LogP contribution in [0.4, 0.5) is 0 Å². The van der Waals surface area contributed by atoms with Crippen molar-refractivity contribution in [1.29, 1.82) is 0 Å². The molecule has 0 fully saturated rings. The first-order chi connectivity index (χ1) is 43.4. The standard InChI is InChI=1S/C40H60N2.2C23H47.Ni/c1-6-11-16-18-22-34-25-32(20-13-8-3)27-37(28-34)39-31-36(24-15-10-5)40(42(39)41)38-29-33(21-14-9-4)26-35(30-38)23-19-17-12-7-2;2*1-3-5-7-9-11-13-15-17-19-21-23-22-20-18-16-14-12-10-8-6-4-2;/h25-31H,6-24H2,1-5H3;2*1,3-23H2,2H3;/q;2*-1;+2. The van der Waals surface area contributed by atoms with Crippen LogP contribution in [0.1, 0.15) is 448 Å². The number of hydrogen-bond donors (Lipinski definition) is 0. The zero-order chi connectivity index (χ0) is 63.9. The van der Waals surface area contributed by atoms with Gasteiger partial charge in [-0.25, -0.2) is 4.70 Å². The summed E-state index contributed by atoms with van der Waals surface area (Å²) in [5.74, 6) is 0. The number of unbranched alkanes of at least 4 members (excludes halogenated alkanes) is 49. The predicted octanol–water partition coefficient (Wildman–Crippen LogP) is 30.7. The average Bonchev–Trinajstić information content (AvgIpc) is 1.95. The van der Waals surface area contributed by atoms with Crippen LogP contribution in [0.3, 0.4) is 0 Å². The molecule has 2 aromatic rings. The van der Waals surface area contributed by atoms with E-state index in [0.717, 1.165) is 69.2 Å². The van der Waals surface area contributed by atoms with Crippen LogP contribution in [0.25, 0.3) is 16.9 Å². The summed E-state index contributed by atoms with van der Waals surface area (Å²) in [6.45, 7) is 23.8. The number of rotatable bonds is 61. The van der Waals surface area contributed by atoms with E-state index in [1.54, 1.807) is 4.70 Å². The van der Waals surface area contributed by atoms with Gasteiger partial charge in [0.1, 0.15) is 0 Å². The molecule has 89 heavy (non-hydrogen) atoms. The normalized spacial score (nSPS) is 12.1. The van der Waals surface area contributed by atoms with Crippen LogP contribution in [-0.2, 0) is 42.2 Å². The largest absolute Gasteiger partial charge is 2.00 e. The number of nitrogens with zero attached hydrogens (tertiary/aromatic N) is 2. The van der Waals surface area contributed by atoms with E-state index in [2.05, 4.69) is 105 Å². The molecule has 0 radical (unpaired) electrons. The van der Waals surface area contributed by atoms with Gasteiger partial charge in [-0.1, -0.05) is 375 Å². The minimum Gasteiger partial charge on any atom is -0.493 e. The summed E-state index contributed by atoms with van der Waals surface area (Å²) in [5.41, 5.74) is 23.2. The molecule has 0 amide bonds. The van der Waals surface area contributed by atoms with E-state index in [9.17, 15) is 5.53 Å². The Balaban J connectivity index is 0.00000141. The molecule has 1 heterocycles. The van der Waals surface area contributed by atoms with Gasteiger partial charge in [0.15, 0.2) is 0 Å². The van der Waals surface area contributed by atoms with Crippen LogP contribution in [0.2, 0.25) is 0 Å². The fourth-order valence-electron chi connectivity index (χ4n) is 13.1. The van der Waals surface area contributed by atoms with Crippen molar-refractivity contribution >= 4 is 11.4 Å². The van der Waals surface area contributed by atoms with Crippen molar-refractivity contribution in [3.8, 4) is 0 Å². The quantitative estimate of drug-likeness (QED) is 0.0273. The van der Waals surface area contributed by atoms with Gasteiger partial charge in [-0.2, -0.15) is 12.8 Å². The van der Waals surface area contributed by atoms with Crippen LogP contribution in [-0.4, -0.2) is 4.70 Å². The van der Waals surface area contributed by atoms with Gasteiger partial charge in [0.25, 0.3) is 0 Å². The van der Waals surface area contributed by atoms with Crippen LogP contribution in [0.5, 0.6) is 0 Å². The molecular weight excluding hydrogens is 1120 g/mol. The molecule has 0 saturated heterocycles. The summed E-state index contributed by atoms with van der Waals surface area (Å²) in [6, 6.07) is 14.3. The second-order valence-electron chi connectivity index (χ2n) is 27.9. The van der Waals surface area contributed by atoms with Gasteiger partial charge in [-0.05, 0) is 111 Å². The van der Waals surface area contributed by atoms with Crippen molar-refractivity contribution < 1.29 is 21.2 Å². The van der Waals surface area contributed by atoms with Crippen LogP contribution >= 0.6 is 0 Å². The van der Waals surface area contributed by atoms with E-state index >= 15 is 0 Å². The Morgan fingerprint density at radius 2 is 0.472 bits per heavy atom. The maximum atomic E-state index is 11.9. The number of allylic oxidation sites excluding steroid dienone is 2. The SMILES string of the molecule is CCCCCCc1cc(CCCC)cc(C2=CC(CCCC)=C(c3cc(CCCC)cc(CCCCCC)c3)[N+]2=[N-])c1.[CH2-]CCCCCCCCCCCCCCCCCCCCCC.[CH2-]CCCCCCCCCCCCCCCCCCCCCC.[Ni+2]. The van der Waals surface area contributed by atoms with Gasteiger partial charge in [-0.3, -0.25) is 0 Å². The number of benzene rings is 2. The maximum Gasteiger partial charge on any atom is 2.00 e. The van der Waals surface area contributed by atoms with Crippen molar-refractivity contribution in [2.45, 2.75) is 440 Å². The van der Waals surface area contributed by atoms with Gasteiger partial charge in [-0.15, -0.1) is 0 Å². The molecule has 2 aromatic carbocycles. The van der Waals surface area contributed by atoms with Gasteiger partial charge < -0.3 is 19.4 Å². The van der Waals surface area contributed by atoms with E-state index in [-0.39, 0.29) is 16.5 Å². The average molecular weight is 1270 g/mol. The topological polar surface area (TPSA) is 25.3 Å². The van der Waals surface area contributed by atoms with E-state index in [1.807, 2.05) is 0 Å². The molecule has 0 bridgehead atoms. The Bertz CT molecular complexity index is 1810. The van der Waals surface area contributed by atoms with E-state index in [4.69, 9.17) is 0 Å². The molecule has 1 aliphatic heterocycles. The Morgan fingerprint density at radius 1 is 0.258 bits per heavy atom. The number of hydrogen-bond acceptors (Lipinski definition) is 0. The molecule has 3 rings (SSSR count). The zero-order valence-electron chi connectivity index (χ0n) is 61.3. The summed E-state index contributed by atoms with van der Waals surface area (Å²) in [5, 5.41) is 0. The molecule has 518 valence electrons. The third kappa shape index (κ3) is 50.2. The third-order valence-electron chi connectivity index (χ3n) is 19.0. The Hall–Kier alpha value is -1.99. The molecule has 2 nitrogen and oxygen atoms in total. The van der Waals surface area contributed by atoms with Crippen molar-refractivity contribution in [3.05, 3.63) is 101 Å². The smallest absolute Gasteiger partial charge is 0.493 e. The Kier molecular flexibility index (Phi) is 65.9. The van der Waals surface area contributed by atoms with Crippen molar-refractivity contribution in [1.82, 2.24) is 0 Å². The summed E-state index contributed by atoms with van der Waals surface area (Å²) >= 11 is 0. The first-order valence-electron chi connectivity index (χ1n) is 40.2. The fraction of sp³-hybridized carbons (Fsp3) is 0.791. The van der Waals surface area contributed by atoms with Crippen molar-refractivity contribution in [2.24, 2.45) is 0 Å².